The Balaban J connectivity index is 4.11. The monoisotopic (exact) mass is 1010 g/mol. The van der Waals surface area contributed by atoms with E-state index in [-0.39, 0.29) is 37.5 Å². The predicted octanol–water partition coefficient (Wildman–Crippen LogP) is 20.7. The van der Waals surface area contributed by atoms with Gasteiger partial charge in [-0.25, -0.2) is 0 Å². The van der Waals surface area contributed by atoms with Gasteiger partial charge in [0.1, 0.15) is 13.2 Å². The minimum atomic E-state index is -0.804. The summed E-state index contributed by atoms with van der Waals surface area (Å²) in [5.74, 6) is -0.960. The highest BCUT2D eigenvalue weighted by molar-refractivity contribution is 5.71. The van der Waals surface area contributed by atoms with Crippen LogP contribution >= 0.6 is 0 Å². The van der Waals surface area contributed by atoms with Crippen molar-refractivity contribution in [2.75, 3.05) is 13.2 Å². The summed E-state index contributed by atoms with van der Waals surface area (Å²) in [5.41, 5.74) is 0. The highest BCUT2D eigenvalue weighted by Crippen LogP contribution is 2.16. The Labute approximate surface area is 450 Å². The van der Waals surface area contributed by atoms with E-state index >= 15 is 0 Å². The van der Waals surface area contributed by atoms with E-state index in [9.17, 15) is 14.4 Å². The molecule has 6 heteroatoms. The van der Waals surface area contributed by atoms with Crippen molar-refractivity contribution in [2.24, 2.45) is 0 Å². The largest absolute Gasteiger partial charge is 0.462 e. The van der Waals surface area contributed by atoms with Crippen LogP contribution in [0.1, 0.15) is 278 Å². The smallest absolute Gasteiger partial charge is 0.306 e. The van der Waals surface area contributed by atoms with Crippen molar-refractivity contribution in [3.63, 3.8) is 0 Å². The molecule has 416 valence electrons. The Morgan fingerprint density at radius 1 is 0.288 bits per heavy atom. The first-order valence-electron chi connectivity index (χ1n) is 30.4. The minimum absolute atomic E-state index is 0.0985. The van der Waals surface area contributed by atoms with Crippen LogP contribution < -0.4 is 0 Å². The molecule has 0 heterocycles. The lowest BCUT2D eigenvalue weighted by molar-refractivity contribution is -0.167. The zero-order valence-corrected chi connectivity index (χ0v) is 47.6. The highest BCUT2D eigenvalue weighted by atomic mass is 16.6. The van der Waals surface area contributed by atoms with Crippen LogP contribution in [0.4, 0.5) is 0 Å². The first-order valence-corrected chi connectivity index (χ1v) is 30.4. The second kappa shape index (κ2) is 60.6. The van der Waals surface area contributed by atoms with Crippen molar-refractivity contribution in [1.82, 2.24) is 0 Å². The lowest BCUT2D eigenvalue weighted by Crippen LogP contribution is -2.30. The van der Waals surface area contributed by atoms with Crippen LogP contribution in [-0.2, 0) is 28.6 Å². The van der Waals surface area contributed by atoms with Gasteiger partial charge in [0.15, 0.2) is 6.10 Å². The van der Waals surface area contributed by atoms with Crippen LogP contribution in [-0.4, -0.2) is 37.2 Å². The van der Waals surface area contributed by atoms with E-state index in [0.29, 0.717) is 19.3 Å². The molecule has 0 aromatic carbocycles. The molecule has 0 saturated heterocycles. The second-order valence-electron chi connectivity index (χ2n) is 19.9. The molecule has 1 atom stereocenters. The fraction of sp³-hybridized carbons (Fsp3) is 0.687. The maximum Gasteiger partial charge on any atom is 0.306 e. The predicted molar refractivity (Wildman–Crippen MR) is 316 cm³/mol. The van der Waals surface area contributed by atoms with Crippen LogP contribution in [0.3, 0.4) is 0 Å². The van der Waals surface area contributed by atoms with Crippen LogP contribution in [0.5, 0.6) is 0 Å². The van der Waals surface area contributed by atoms with Crippen molar-refractivity contribution in [2.45, 2.75) is 284 Å². The molecule has 0 N–H and O–H groups in total. The second-order valence-corrected chi connectivity index (χ2v) is 19.9. The molecule has 0 fully saturated rings. The van der Waals surface area contributed by atoms with Crippen molar-refractivity contribution in [3.8, 4) is 0 Å². The van der Waals surface area contributed by atoms with Gasteiger partial charge in [0.05, 0.1) is 0 Å². The maximum atomic E-state index is 12.8. The number of carbonyl (C=O) groups is 3. The quantitative estimate of drug-likeness (QED) is 0.0261. The van der Waals surface area contributed by atoms with Crippen LogP contribution in [0.15, 0.2) is 109 Å². The number of allylic oxidation sites excluding steroid dienone is 18. The van der Waals surface area contributed by atoms with Gasteiger partial charge in [-0.15, -0.1) is 0 Å². The summed E-state index contributed by atoms with van der Waals surface area (Å²) in [7, 11) is 0. The van der Waals surface area contributed by atoms with Crippen molar-refractivity contribution in [3.05, 3.63) is 109 Å². The average Bonchev–Trinajstić information content (AvgIpc) is 3.39. The van der Waals surface area contributed by atoms with E-state index in [1.54, 1.807) is 0 Å². The summed E-state index contributed by atoms with van der Waals surface area (Å²) in [6, 6.07) is 0. The van der Waals surface area contributed by atoms with Crippen LogP contribution in [0.2, 0.25) is 0 Å². The topological polar surface area (TPSA) is 78.9 Å². The fourth-order valence-corrected chi connectivity index (χ4v) is 8.29. The Bertz CT molecular complexity index is 1490. The van der Waals surface area contributed by atoms with E-state index in [0.717, 1.165) is 103 Å². The molecule has 0 amide bonds. The first kappa shape index (κ1) is 69.1. The third-order valence-electron chi connectivity index (χ3n) is 12.8. The van der Waals surface area contributed by atoms with E-state index in [1.807, 2.05) is 0 Å². The maximum absolute atomic E-state index is 12.8. The van der Waals surface area contributed by atoms with Crippen molar-refractivity contribution < 1.29 is 28.6 Å². The standard InChI is InChI=1S/C67H112O6/c1-4-7-10-13-16-18-20-22-24-26-27-28-29-30-31-32-33-34-35-36-37-38-39-41-42-44-46-48-51-54-57-60-66(69)72-63-64(62-71-65(68)59-56-53-50-15-12-9-6-3)73-67(70)61-58-55-52-49-47-45-43-40-25-23-21-19-17-14-11-8-5-2/h7-8,10-11,16-19,22-25,27-28,43,45,49,52,64H,4-6,9,12-15,20-21,26,29-42,44,46-48,50-51,53-63H2,1-3H3/b10-7-,11-8-,18-16-,19-17-,24-22-,25-23-,28-27-,45-43-,52-49-. The van der Waals surface area contributed by atoms with Gasteiger partial charge in [-0.2, -0.15) is 0 Å². The molecule has 73 heavy (non-hydrogen) atoms. The SMILES string of the molecule is CC/C=C\C/C=C\C/C=C\C/C=C\C/C=C\CCCC(=O)OC(COC(=O)CCCCCCCCC)COC(=O)CCCCCCCCCCCCCCCCCCCC/C=C\C/C=C\C/C=C\C/C=C\CC. The van der Waals surface area contributed by atoms with Crippen molar-refractivity contribution in [1.29, 1.82) is 0 Å². The zero-order chi connectivity index (χ0) is 52.9. The Morgan fingerprint density at radius 2 is 0.548 bits per heavy atom. The third-order valence-corrected chi connectivity index (χ3v) is 12.8. The molecule has 0 aromatic rings. The summed E-state index contributed by atoms with van der Waals surface area (Å²) >= 11 is 0. The minimum Gasteiger partial charge on any atom is -0.462 e. The molecular weight excluding hydrogens is 901 g/mol. The van der Waals surface area contributed by atoms with E-state index in [4.69, 9.17) is 14.2 Å². The van der Waals surface area contributed by atoms with Gasteiger partial charge in [-0.05, 0) is 96.3 Å². The van der Waals surface area contributed by atoms with Gasteiger partial charge in [0, 0.05) is 19.3 Å². The van der Waals surface area contributed by atoms with Gasteiger partial charge in [-0.3, -0.25) is 14.4 Å². The summed E-state index contributed by atoms with van der Waals surface area (Å²) < 4.78 is 16.7. The molecule has 0 rings (SSSR count). The molecule has 0 aliphatic heterocycles. The summed E-state index contributed by atoms with van der Waals surface area (Å²) in [4.78, 5) is 37.9. The molecule has 0 saturated carbocycles. The van der Waals surface area contributed by atoms with Gasteiger partial charge in [-0.1, -0.05) is 271 Å². The highest BCUT2D eigenvalue weighted by Gasteiger charge is 2.19. The number of unbranched alkanes of at least 4 members (excludes halogenated alkanes) is 25. The summed E-state index contributed by atoms with van der Waals surface area (Å²) in [5, 5.41) is 0. The Morgan fingerprint density at radius 3 is 0.877 bits per heavy atom. The number of ether oxygens (including phenoxy) is 3. The van der Waals surface area contributed by atoms with Gasteiger partial charge in [0.25, 0.3) is 0 Å². The van der Waals surface area contributed by atoms with E-state index < -0.39 is 6.10 Å². The van der Waals surface area contributed by atoms with Gasteiger partial charge >= 0.3 is 17.9 Å². The lowest BCUT2D eigenvalue weighted by atomic mass is 10.0. The fourth-order valence-electron chi connectivity index (χ4n) is 8.29. The molecule has 6 nitrogen and oxygen atoms in total. The molecule has 1 unspecified atom stereocenters. The van der Waals surface area contributed by atoms with Crippen LogP contribution in [0.25, 0.3) is 0 Å². The average molecular weight is 1010 g/mol. The molecule has 0 spiro atoms. The molecule has 0 aliphatic carbocycles. The zero-order valence-electron chi connectivity index (χ0n) is 47.6. The third kappa shape index (κ3) is 58.8. The molecule has 0 aromatic heterocycles. The number of hydrogen-bond donors (Lipinski definition) is 0. The van der Waals surface area contributed by atoms with E-state index in [1.165, 1.54) is 128 Å². The van der Waals surface area contributed by atoms with Gasteiger partial charge < -0.3 is 14.2 Å². The number of rotatable bonds is 54. The normalized spacial score (nSPS) is 12.9. The Hall–Kier alpha value is -3.93. The summed E-state index contributed by atoms with van der Waals surface area (Å²) in [6.45, 7) is 6.33. The summed E-state index contributed by atoms with van der Waals surface area (Å²) in [6.07, 6.45) is 82.8. The Kier molecular flexibility index (Phi) is 57.4. The lowest BCUT2D eigenvalue weighted by Gasteiger charge is -2.18. The number of hydrogen-bond acceptors (Lipinski definition) is 6. The van der Waals surface area contributed by atoms with Crippen LogP contribution in [0, 0.1) is 0 Å². The first-order chi connectivity index (χ1) is 36.0. The van der Waals surface area contributed by atoms with E-state index in [2.05, 4.69) is 130 Å². The van der Waals surface area contributed by atoms with Crippen molar-refractivity contribution >= 4 is 17.9 Å². The molecule has 0 radical (unpaired) electrons. The number of carbonyl (C=O) groups excluding carboxylic acids is 3. The van der Waals surface area contributed by atoms with Gasteiger partial charge in [0.2, 0.25) is 0 Å². The molecular formula is C67H112O6. The molecule has 0 aliphatic rings. The number of esters is 3. The molecule has 0 bridgehead atoms.